The predicted octanol–water partition coefficient (Wildman–Crippen LogP) is 0.724. The Hall–Kier alpha value is -2.12. The fourth-order valence-electron chi connectivity index (χ4n) is 2.58. The van der Waals surface area contributed by atoms with Crippen LogP contribution < -0.4 is 16.8 Å². The van der Waals surface area contributed by atoms with Crippen LogP contribution in [0.25, 0.3) is 0 Å². The van der Waals surface area contributed by atoms with Crippen LogP contribution in [-0.2, 0) is 16.1 Å². The Morgan fingerprint density at radius 3 is 2.83 bits per heavy atom. The molecule has 1 aliphatic heterocycles. The summed E-state index contributed by atoms with van der Waals surface area (Å²) in [5, 5.41) is 2.55. The van der Waals surface area contributed by atoms with Crippen molar-refractivity contribution < 1.29 is 18.8 Å². The molecule has 0 aromatic heterocycles. The molecule has 1 aromatic carbocycles. The summed E-state index contributed by atoms with van der Waals surface area (Å²) in [6, 6.07) is 9.31. The molecule has 1 aromatic rings. The highest BCUT2D eigenvalue weighted by Gasteiger charge is 2.31. The Morgan fingerprint density at radius 2 is 2.13 bits per heavy atom. The molecule has 0 saturated carbocycles. The quantitative estimate of drug-likeness (QED) is 0.560. The number of benzene rings is 1. The molecule has 1 fully saturated rings. The first-order valence-corrected chi connectivity index (χ1v) is 7.85. The van der Waals surface area contributed by atoms with E-state index in [4.69, 9.17) is 20.9 Å². The molecule has 2 rings (SSSR count). The van der Waals surface area contributed by atoms with Crippen molar-refractivity contribution in [3.63, 3.8) is 0 Å². The summed E-state index contributed by atoms with van der Waals surface area (Å²) in [5.41, 5.74) is 13.0. The number of piperidine rings is 1. The summed E-state index contributed by atoms with van der Waals surface area (Å²) in [4.78, 5) is 11.9. The third-order valence-electron chi connectivity index (χ3n) is 3.70. The minimum Gasteiger partial charge on any atom is -0.433 e. The summed E-state index contributed by atoms with van der Waals surface area (Å²) < 4.78 is 12.6. The van der Waals surface area contributed by atoms with Gasteiger partial charge in [0.1, 0.15) is 6.61 Å². The molecule has 1 aliphatic rings. The van der Waals surface area contributed by atoms with Gasteiger partial charge in [0, 0.05) is 6.61 Å². The molecule has 0 bridgehead atoms. The third-order valence-corrected chi connectivity index (χ3v) is 3.70. The van der Waals surface area contributed by atoms with Gasteiger partial charge in [-0.2, -0.15) is 5.32 Å². The van der Waals surface area contributed by atoms with Crippen molar-refractivity contribution in [2.45, 2.75) is 38.6 Å². The molecule has 1 heterocycles. The Bertz CT molecular complexity index is 548. The topological polar surface area (TPSA) is 103 Å². The van der Waals surface area contributed by atoms with Crippen LogP contribution in [0.15, 0.2) is 30.3 Å². The van der Waals surface area contributed by atoms with Crippen molar-refractivity contribution in [3.05, 3.63) is 35.9 Å². The van der Waals surface area contributed by atoms with Gasteiger partial charge in [-0.05, 0) is 25.3 Å². The van der Waals surface area contributed by atoms with Crippen LogP contribution in [0, 0.1) is 0 Å². The standard InChI is InChI=1S/C16H24N4O3/c1-2-22-14-13(17)9-6-10-20(14)15(18)19-16(21)23-11-12-7-4-3-5-8-12/h3-5,7-8,13-14H,2,6,9-11,17H2,1H3,(H2,18,19,21)/p+1. The highest BCUT2D eigenvalue weighted by molar-refractivity contribution is 5.90. The van der Waals surface area contributed by atoms with E-state index in [9.17, 15) is 4.79 Å². The minimum atomic E-state index is -0.597. The SMILES string of the molecule is CCOC1C(N)CCC/[N+]1=C(\N)NC(=O)OCc1ccccc1. The van der Waals surface area contributed by atoms with Gasteiger partial charge >= 0.3 is 12.1 Å². The number of rotatable bonds is 4. The van der Waals surface area contributed by atoms with E-state index in [1.54, 1.807) is 4.58 Å². The third kappa shape index (κ3) is 4.94. The van der Waals surface area contributed by atoms with Crippen LogP contribution in [0.3, 0.4) is 0 Å². The molecule has 1 amide bonds. The van der Waals surface area contributed by atoms with E-state index < -0.39 is 6.09 Å². The highest BCUT2D eigenvalue weighted by atomic mass is 16.5. The normalized spacial score (nSPS) is 23.2. The van der Waals surface area contributed by atoms with E-state index in [-0.39, 0.29) is 24.8 Å². The monoisotopic (exact) mass is 321 g/mol. The lowest BCUT2D eigenvalue weighted by Gasteiger charge is -2.30. The van der Waals surface area contributed by atoms with E-state index >= 15 is 0 Å². The maximum absolute atomic E-state index is 11.9. The van der Waals surface area contributed by atoms with E-state index in [0.29, 0.717) is 13.2 Å². The molecule has 5 N–H and O–H groups in total. The lowest BCUT2D eigenvalue weighted by atomic mass is 10.1. The first-order valence-electron chi connectivity index (χ1n) is 7.85. The highest BCUT2D eigenvalue weighted by Crippen LogP contribution is 2.13. The summed E-state index contributed by atoms with van der Waals surface area (Å²) >= 11 is 0. The van der Waals surface area contributed by atoms with Gasteiger partial charge in [-0.25, -0.2) is 9.37 Å². The Morgan fingerprint density at radius 1 is 1.39 bits per heavy atom. The molecule has 7 nitrogen and oxygen atoms in total. The van der Waals surface area contributed by atoms with E-state index in [2.05, 4.69) is 5.32 Å². The second kappa shape index (κ2) is 8.50. The molecule has 1 saturated heterocycles. The fourth-order valence-corrected chi connectivity index (χ4v) is 2.58. The maximum Gasteiger partial charge on any atom is 0.476 e. The number of carbonyl (C=O) groups excluding carboxylic acids is 1. The van der Waals surface area contributed by atoms with Crippen molar-refractivity contribution in [1.82, 2.24) is 5.32 Å². The molecule has 2 unspecified atom stereocenters. The largest absolute Gasteiger partial charge is 0.476 e. The number of hydrogen-bond donors (Lipinski definition) is 3. The summed E-state index contributed by atoms with van der Waals surface area (Å²) in [6.45, 7) is 3.30. The van der Waals surface area contributed by atoms with Crippen molar-refractivity contribution in [3.8, 4) is 0 Å². The van der Waals surface area contributed by atoms with Gasteiger partial charge in [-0.15, -0.1) is 0 Å². The lowest BCUT2D eigenvalue weighted by molar-refractivity contribution is -0.627. The first-order chi connectivity index (χ1) is 11.1. The smallest absolute Gasteiger partial charge is 0.433 e. The molecule has 0 spiro atoms. The van der Waals surface area contributed by atoms with Crippen LogP contribution in [0.5, 0.6) is 0 Å². The predicted molar refractivity (Wildman–Crippen MR) is 86.7 cm³/mol. The Balaban J connectivity index is 1.95. The second-order valence-electron chi connectivity index (χ2n) is 5.42. The number of nitrogens with two attached hydrogens (primary N) is 2. The zero-order valence-electron chi connectivity index (χ0n) is 13.4. The molecule has 2 atom stereocenters. The number of alkyl carbamates (subject to hydrolysis) is 1. The number of nitrogens with one attached hydrogen (secondary N) is 1. The number of amides is 1. The minimum absolute atomic E-state index is 0.135. The van der Waals surface area contributed by atoms with Crippen LogP contribution >= 0.6 is 0 Å². The zero-order valence-corrected chi connectivity index (χ0v) is 13.4. The Labute approximate surface area is 136 Å². The van der Waals surface area contributed by atoms with Crippen molar-refractivity contribution in [2.24, 2.45) is 11.5 Å². The average molecular weight is 321 g/mol. The van der Waals surface area contributed by atoms with Crippen LogP contribution in [0.4, 0.5) is 4.79 Å². The lowest BCUT2D eigenvalue weighted by Crippen LogP contribution is -2.56. The molecule has 0 radical (unpaired) electrons. The van der Waals surface area contributed by atoms with Crippen LogP contribution in [0.2, 0.25) is 0 Å². The number of ether oxygens (including phenoxy) is 2. The number of hydrogen-bond acceptors (Lipinski definition) is 4. The van der Waals surface area contributed by atoms with Crippen LogP contribution in [-0.4, -0.2) is 42.0 Å². The summed E-state index contributed by atoms with van der Waals surface area (Å²) in [6.07, 6.45) is 0.836. The van der Waals surface area contributed by atoms with E-state index in [1.807, 2.05) is 37.3 Å². The second-order valence-corrected chi connectivity index (χ2v) is 5.42. The molecular formula is C16H25N4O3+. The van der Waals surface area contributed by atoms with Crippen LogP contribution in [0.1, 0.15) is 25.3 Å². The molecule has 126 valence electrons. The van der Waals surface area contributed by atoms with Gasteiger partial charge in [0.15, 0.2) is 6.23 Å². The van der Waals surface area contributed by atoms with Gasteiger partial charge < -0.3 is 15.2 Å². The van der Waals surface area contributed by atoms with E-state index in [1.165, 1.54) is 0 Å². The van der Waals surface area contributed by atoms with Gasteiger partial charge in [0.2, 0.25) is 0 Å². The first kappa shape index (κ1) is 17.2. The maximum atomic E-state index is 11.9. The van der Waals surface area contributed by atoms with Gasteiger partial charge in [-0.1, -0.05) is 30.3 Å². The van der Waals surface area contributed by atoms with Crippen molar-refractivity contribution in [2.75, 3.05) is 13.2 Å². The molecule has 0 aliphatic carbocycles. The van der Waals surface area contributed by atoms with Crippen molar-refractivity contribution in [1.29, 1.82) is 0 Å². The van der Waals surface area contributed by atoms with Gasteiger partial charge in [0.05, 0.1) is 12.6 Å². The number of carbonyl (C=O) groups is 1. The summed E-state index contributed by atoms with van der Waals surface area (Å²) in [7, 11) is 0. The fraction of sp³-hybridized carbons (Fsp3) is 0.500. The number of nitrogens with zero attached hydrogens (tertiary/aromatic N) is 1. The van der Waals surface area contributed by atoms with Gasteiger partial charge in [0.25, 0.3) is 0 Å². The summed E-state index contributed by atoms with van der Waals surface area (Å²) in [5.74, 6) is 0.205. The molecule has 23 heavy (non-hydrogen) atoms. The van der Waals surface area contributed by atoms with E-state index in [0.717, 1.165) is 18.4 Å². The van der Waals surface area contributed by atoms with Gasteiger partial charge in [-0.3, -0.25) is 5.73 Å². The average Bonchev–Trinajstić information content (AvgIpc) is 2.56. The Kier molecular flexibility index (Phi) is 6.37. The zero-order chi connectivity index (χ0) is 16.7. The molecular weight excluding hydrogens is 296 g/mol. The number of guanidine groups is 1. The van der Waals surface area contributed by atoms with Crippen molar-refractivity contribution >= 4 is 12.1 Å². The molecule has 7 heteroatoms.